The van der Waals surface area contributed by atoms with E-state index < -0.39 is 0 Å². The second-order valence-corrected chi connectivity index (χ2v) is 3.94. The first-order valence-corrected chi connectivity index (χ1v) is 5.60. The minimum absolute atomic E-state index is 0.221. The molecular formula is C11H12Cl2N2O2. The van der Waals surface area contributed by atoms with Gasteiger partial charge in [-0.3, -0.25) is 10.2 Å². The first-order valence-electron chi connectivity index (χ1n) is 4.84. The molecular weight excluding hydrogens is 263 g/mol. The van der Waals surface area contributed by atoms with Gasteiger partial charge in [-0.2, -0.15) is 0 Å². The molecule has 1 aromatic carbocycles. The summed E-state index contributed by atoms with van der Waals surface area (Å²) in [6.45, 7) is 1.57. The molecule has 17 heavy (non-hydrogen) atoms. The molecule has 0 saturated heterocycles. The van der Waals surface area contributed by atoms with E-state index in [-0.39, 0.29) is 12.6 Å². The summed E-state index contributed by atoms with van der Waals surface area (Å²) < 4.78 is 4.70. The van der Waals surface area contributed by atoms with Crippen molar-refractivity contribution in [2.24, 2.45) is 0 Å². The fraction of sp³-hybridized carbons (Fsp3) is 0.182. The van der Waals surface area contributed by atoms with Crippen LogP contribution in [0.25, 0.3) is 0 Å². The van der Waals surface area contributed by atoms with Gasteiger partial charge in [0.1, 0.15) is 6.61 Å². The summed E-state index contributed by atoms with van der Waals surface area (Å²) in [5, 5.41) is 1.09. The number of benzene rings is 1. The number of hydrogen-bond donors (Lipinski definition) is 2. The smallest absolute Gasteiger partial charge is 0.302 e. The van der Waals surface area contributed by atoms with Gasteiger partial charge in [0.15, 0.2) is 0 Å². The molecule has 0 aromatic heterocycles. The molecule has 1 aromatic rings. The number of rotatable bonds is 5. The van der Waals surface area contributed by atoms with Crippen LogP contribution < -0.4 is 10.9 Å². The van der Waals surface area contributed by atoms with Gasteiger partial charge in [-0.1, -0.05) is 23.2 Å². The molecule has 0 fully saturated rings. The van der Waals surface area contributed by atoms with Crippen molar-refractivity contribution in [2.75, 3.05) is 12.0 Å². The molecule has 1 rings (SSSR count). The Balaban J connectivity index is 2.33. The second-order valence-electron chi connectivity index (χ2n) is 3.10. The number of hydrazine groups is 1. The number of ether oxygens (including phenoxy) is 1. The van der Waals surface area contributed by atoms with E-state index in [0.29, 0.717) is 15.7 Å². The van der Waals surface area contributed by atoms with Crippen LogP contribution in [-0.2, 0) is 9.53 Å². The van der Waals surface area contributed by atoms with Crippen molar-refractivity contribution >= 4 is 34.9 Å². The van der Waals surface area contributed by atoms with Crippen LogP contribution in [0.15, 0.2) is 30.5 Å². The number of nitrogens with one attached hydrogen (secondary N) is 2. The van der Waals surface area contributed by atoms with Crippen molar-refractivity contribution in [3.05, 3.63) is 40.5 Å². The number of esters is 1. The van der Waals surface area contributed by atoms with Crippen LogP contribution in [0.3, 0.4) is 0 Å². The van der Waals surface area contributed by atoms with Crippen molar-refractivity contribution in [1.29, 1.82) is 0 Å². The van der Waals surface area contributed by atoms with Crippen molar-refractivity contribution in [3.8, 4) is 0 Å². The lowest BCUT2D eigenvalue weighted by atomic mass is 10.3. The average Bonchev–Trinajstić information content (AvgIpc) is 2.25. The van der Waals surface area contributed by atoms with Gasteiger partial charge in [0.05, 0.1) is 10.7 Å². The van der Waals surface area contributed by atoms with E-state index in [4.69, 9.17) is 27.9 Å². The first kappa shape index (κ1) is 13.7. The van der Waals surface area contributed by atoms with E-state index in [2.05, 4.69) is 10.9 Å². The highest BCUT2D eigenvalue weighted by Gasteiger charge is 1.98. The molecule has 0 amide bonds. The van der Waals surface area contributed by atoms with Gasteiger partial charge in [-0.15, -0.1) is 0 Å². The highest BCUT2D eigenvalue weighted by molar-refractivity contribution is 6.36. The molecule has 2 N–H and O–H groups in total. The second kappa shape index (κ2) is 7.04. The van der Waals surface area contributed by atoms with Gasteiger partial charge in [0, 0.05) is 18.1 Å². The first-order chi connectivity index (χ1) is 8.09. The summed E-state index contributed by atoms with van der Waals surface area (Å²) in [6.07, 6.45) is 3.26. The molecule has 4 nitrogen and oxygen atoms in total. The lowest BCUT2D eigenvalue weighted by Crippen LogP contribution is -2.14. The Hall–Kier alpha value is -1.39. The summed E-state index contributed by atoms with van der Waals surface area (Å²) in [5.41, 5.74) is 6.35. The number of carbonyl (C=O) groups excluding carboxylic acids is 1. The summed E-state index contributed by atoms with van der Waals surface area (Å²) in [4.78, 5) is 10.5. The van der Waals surface area contributed by atoms with Crippen LogP contribution in [0.1, 0.15) is 6.92 Å². The van der Waals surface area contributed by atoms with E-state index in [1.165, 1.54) is 6.92 Å². The molecule has 0 spiro atoms. The van der Waals surface area contributed by atoms with Gasteiger partial charge in [0.2, 0.25) is 0 Å². The lowest BCUT2D eigenvalue weighted by molar-refractivity contribution is -0.139. The minimum atomic E-state index is -0.316. The Morgan fingerprint density at radius 2 is 2.24 bits per heavy atom. The Morgan fingerprint density at radius 3 is 2.88 bits per heavy atom. The predicted octanol–water partition coefficient (Wildman–Crippen LogP) is 2.99. The quantitative estimate of drug-likeness (QED) is 0.640. The normalized spacial score (nSPS) is 10.3. The topological polar surface area (TPSA) is 50.4 Å². The van der Waals surface area contributed by atoms with Gasteiger partial charge in [0.25, 0.3) is 0 Å². The minimum Gasteiger partial charge on any atom is -0.462 e. The van der Waals surface area contributed by atoms with E-state index >= 15 is 0 Å². The Bertz CT molecular complexity index is 422. The van der Waals surface area contributed by atoms with E-state index in [0.717, 1.165) is 0 Å². The van der Waals surface area contributed by atoms with Crippen LogP contribution in [0.5, 0.6) is 0 Å². The summed E-state index contributed by atoms with van der Waals surface area (Å²) in [5.74, 6) is -0.316. The zero-order chi connectivity index (χ0) is 12.7. The van der Waals surface area contributed by atoms with Crippen molar-refractivity contribution < 1.29 is 9.53 Å². The van der Waals surface area contributed by atoms with Crippen LogP contribution in [0.4, 0.5) is 5.69 Å². The fourth-order valence-corrected chi connectivity index (χ4v) is 1.44. The van der Waals surface area contributed by atoms with Crippen molar-refractivity contribution in [3.63, 3.8) is 0 Å². The van der Waals surface area contributed by atoms with E-state index in [1.54, 1.807) is 30.5 Å². The van der Waals surface area contributed by atoms with Crippen LogP contribution in [0.2, 0.25) is 10.0 Å². The van der Waals surface area contributed by atoms with Crippen LogP contribution >= 0.6 is 23.2 Å². The van der Waals surface area contributed by atoms with Crippen LogP contribution in [0, 0.1) is 0 Å². The highest BCUT2D eigenvalue weighted by atomic mass is 35.5. The molecule has 0 aliphatic carbocycles. The molecule has 0 aliphatic rings. The zero-order valence-corrected chi connectivity index (χ0v) is 10.7. The average molecular weight is 275 g/mol. The number of carbonyl (C=O) groups is 1. The standard InChI is InChI=1S/C11H12Cl2N2O2/c1-8(16)17-6-2-5-14-15-11-4-3-9(12)7-10(11)13/h2-5,7,14-15H,6H2,1H3. The monoisotopic (exact) mass is 274 g/mol. The molecule has 92 valence electrons. The van der Waals surface area contributed by atoms with Gasteiger partial charge in [-0.25, -0.2) is 0 Å². The molecule has 0 aliphatic heterocycles. The van der Waals surface area contributed by atoms with Crippen molar-refractivity contribution in [1.82, 2.24) is 5.43 Å². The van der Waals surface area contributed by atoms with Gasteiger partial charge < -0.3 is 10.2 Å². The summed E-state index contributed by atoms with van der Waals surface area (Å²) >= 11 is 11.7. The fourth-order valence-electron chi connectivity index (χ4n) is 0.983. The molecule has 0 heterocycles. The van der Waals surface area contributed by atoms with Gasteiger partial charge in [-0.05, 0) is 24.3 Å². The lowest BCUT2D eigenvalue weighted by Gasteiger charge is -2.07. The maximum absolute atomic E-state index is 10.5. The molecule has 0 atom stereocenters. The van der Waals surface area contributed by atoms with E-state index in [1.807, 2.05) is 0 Å². The Labute approximate surface area is 110 Å². The summed E-state index contributed by atoms with van der Waals surface area (Å²) in [6, 6.07) is 5.10. The third kappa shape index (κ3) is 5.47. The Kier molecular flexibility index (Phi) is 5.66. The largest absolute Gasteiger partial charge is 0.462 e. The van der Waals surface area contributed by atoms with Crippen molar-refractivity contribution in [2.45, 2.75) is 6.92 Å². The molecule has 0 unspecified atom stereocenters. The molecule has 0 bridgehead atoms. The van der Waals surface area contributed by atoms with E-state index in [9.17, 15) is 4.79 Å². The maximum Gasteiger partial charge on any atom is 0.302 e. The number of hydrogen-bond acceptors (Lipinski definition) is 4. The maximum atomic E-state index is 10.5. The molecule has 0 saturated carbocycles. The highest BCUT2D eigenvalue weighted by Crippen LogP contribution is 2.24. The molecule has 0 radical (unpaired) electrons. The number of halogens is 2. The predicted molar refractivity (Wildman–Crippen MR) is 69.0 cm³/mol. The SMILES string of the molecule is CC(=O)OCC=CNNc1ccc(Cl)cc1Cl. The Morgan fingerprint density at radius 1 is 1.47 bits per heavy atom. The third-order valence-electron chi connectivity index (χ3n) is 1.72. The molecule has 6 heteroatoms. The van der Waals surface area contributed by atoms with Crippen LogP contribution in [-0.4, -0.2) is 12.6 Å². The van der Waals surface area contributed by atoms with Gasteiger partial charge >= 0.3 is 5.97 Å². The summed E-state index contributed by atoms with van der Waals surface area (Å²) in [7, 11) is 0. The third-order valence-corrected chi connectivity index (χ3v) is 2.27. The zero-order valence-electron chi connectivity index (χ0n) is 9.17. The number of anilines is 1.